The number of anilines is 1. The number of aliphatic hydroxyl groups is 1. The van der Waals surface area contributed by atoms with E-state index in [4.69, 9.17) is 11.6 Å². The van der Waals surface area contributed by atoms with Gasteiger partial charge in [0, 0.05) is 27.8 Å². The Hall–Kier alpha value is -1.29. The molecular weight excluding hydrogens is 518 g/mol. The molecule has 2 bridgehead atoms. The Morgan fingerprint density at radius 1 is 1.31 bits per heavy atom. The molecule has 32 heavy (non-hydrogen) atoms. The predicted octanol–water partition coefficient (Wildman–Crippen LogP) is 2.51. The van der Waals surface area contributed by atoms with Crippen molar-refractivity contribution < 1.29 is 19.5 Å². The number of alkyl halides is 1. The van der Waals surface area contributed by atoms with Crippen LogP contribution in [0.1, 0.15) is 20.3 Å². The molecule has 3 aliphatic rings. The normalized spacial score (nSPS) is 34.0. The van der Waals surface area contributed by atoms with Gasteiger partial charge < -0.3 is 20.6 Å². The van der Waals surface area contributed by atoms with Crippen LogP contribution < -0.4 is 10.6 Å². The number of fused-ring (bicyclic) bond motifs is 1. The molecule has 3 saturated heterocycles. The second kappa shape index (κ2) is 8.81. The third kappa shape index (κ3) is 3.56. The van der Waals surface area contributed by atoms with E-state index < -0.39 is 28.7 Å². The van der Waals surface area contributed by atoms with E-state index in [9.17, 15) is 19.5 Å². The Labute approximate surface area is 205 Å². The summed E-state index contributed by atoms with van der Waals surface area (Å²) in [6, 6.07) is 5.46. The minimum absolute atomic E-state index is 0.0104. The van der Waals surface area contributed by atoms with Gasteiger partial charge >= 0.3 is 0 Å². The van der Waals surface area contributed by atoms with E-state index >= 15 is 0 Å². The quantitative estimate of drug-likeness (QED) is 0.478. The van der Waals surface area contributed by atoms with Gasteiger partial charge in [-0.05, 0) is 36.6 Å². The van der Waals surface area contributed by atoms with Crippen LogP contribution in [0.3, 0.4) is 0 Å². The van der Waals surface area contributed by atoms with Gasteiger partial charge in [0.1, 0.15) is 6.04 Å². The number of thioether (sulfide) groups is 1. The van der Waals surface area contributed by atoms with Crippen molar-refractivity contribution in [3.8, 4) is 0 Å². The van der Waals surface area contributed by atoms with E-state index in [0.29, 0.717) is 17.1 Å². The molecule has 3 N–H and O–H groups in total. The monoisotopic (exact) mass is 543 g/mol. The summed E-state index contributed by atoms with van der Waals surface area (Å²) in [5.74, 6) is -1.93. The average Bonchev–Trinajstić information content (AvgIpc) is 3.33. The number of nitrogens with zero attached hydrogens (tertiary/aromatic N) is 1. The highest BCUT2D eigenvalue weighted by atomic mass is 79.9. The maximum absolute atomic E-state index is 13.8. The largest absolute Gasteiger partial charge is 0.394 e. The van der Waals surface area contributed by atoms with E-state index in [1.54, 1.807) is 48.0 Å². The zero-order valence-corrected chi connectivity index (χ0v) is 21.2. The predicted molar refractivity (Wildman–Crippen MR) is 129 cm³/mol. The Morgan fingerprint density at radius 2 is 1.97 bits per heavy atom. The molecule has 4 rings (SSSR count). The van der Waals surface area contributed by atoms with Gasteiger partial charge in [-0.25, -0.2) is 0 Å². The van der Waals surface area contributed by atoms with Crippen molar-refractivity contribution in [3.05, 3.63) is 29.3 Å². The third-order valence-electron chi connectivity index (χ3n) is 6.95. The Bertz CT molecular complexity index is 932. The van der Waals surface area contributed by atoms with Crippen molar-refractivity contribution in [1.29, 1.82) is 0 Å². The molecule has 3 amide bonds. The molecule has 3 aliphatic heterocycles. The molecule has 7 nitrogen and oxygen atoms in total. The zero-order chi connectivity index (χ0) is 23.4. The van der Waals surface area contributed by atoms with Crippen molar-refractivity contribution >= 4 is 62.7 Å². The first-order valence-corrected chi connectivity index (χ1v) is 12.9. The standard InChI is InChI=1S/C22H27BrClN3O4S/c1-10(2)14(9-28)27-18(20(30)26-12-6-4-11(24)5-7-12)22-8-13(23)17(32-22)15(19(29)25-3)16(22)21(27)31/h4-7,10,13-18,28H,8-9H2,1-3H3,(H,25,29)(H,26,30)/t13?,14-,15+,16-,17+,18?,22?/m0/s1. The molecule has 1 aromatic carbocycles. The number of hydrogen-bond donors (Lipinski definition) is 3. The number of amides is 3. The van der Waals surface area contributed by atoms with Crippen LogP contribution in [0.25, 0.3) is 0 Å². The summed E-state index contributed by atoms with van der Waals surface area (Å²) in [4.78, 5) is 42.0. The van der Waals surface area contributed by atoms with Gasteiger partial charge in [0.2, 0.25) is 17.7 Å². The minimum atomic E-state index is -0.806. The van der Waals surface area contributed by atoms with Crippen LogP contribution in [0.15, 0.2) is 24.3 Å². The number of carbonyl (C=O) groups excluding carboxylic acids is 3. The molecular formula is C22H27BrClN3O4S. The highest BCUT2D eigenvalue weighted by Gasteiger charge is 2.76. The van der Waals surface area contributed by atoms with Crippen molar-refractivity contribution in [1.82, 2.24) is 10.2 Å². The number of rotatable bonds is 6. The average molecular weight is 545 g/mol. The number of carbonyl (C=O) groups is 3. The van der Waals surface area contributed by atoms with E-state index in [0.717, 1.165) is 0 Å². The Morgan fingerprint density at radius 3 is 2.53 bits per heavy atom. The van der Waals surface area contributed by atoms with Gasteiger partial charge in [-0.1, -0.05) is 41.4 Å². The lowest BCUT2D eigenvalue weighted by Crippen LogP contribution is -2.56. The highest BCUT2D eigenvalue weighted by Crippen LogP contribution is 2.68. The maximum atomic E-state index is 13.8. The summed E-state index contributed by atoms with van der Waals surface area (Å²) in [6.07, 6.45) is 0.595. The van der Waals surface area contributed by atoms with E-state index in [2.05, 4.69) is 26.6 Å². The van der Waals surface area contributed by atoms with Crippen molar-refractivity contribution in [2.45, 2.75) is 47.2 Å². The second-order valence-corrected chi connectivity index (χ2v) is 12.2. The first-order valence-electron chi connectivity index (χ1n) is 10.7. The Kier molecular flexibility index (Phi) is 6.57. The van der Waals surface area contributed by atoms with Gasteiger partial charge in [0.05, 0.1) is 29.2 Å². The molecule has 7 atom stereocenters. The van der Waals surface area contributed by atoms with E-state index in [1.165, 1.54) is 0 Å². The highest BCUT2D eigenvalue weighted by molar-refractivity contribution is 9.09. The number of aliphatic hydroxyl groups excluding tert-OH is 1. The summed E-state index contributed by atoms with van der Waals surface area (Å²) in [7, 11) is 1.57. The van der Waals surface area contributed by atoms with Crippen LogP contribution >= 0.6 is 39.3 Å². The molecule has 1 spiro atoms. The van der Waals surface area contributed by atoms with Crippen LogP contribution in [0.4, 0.5) is 5.69 Å². The number of likely N-dealkylation sites (tertiary alicyclic amines) is 1. The van der Waals surface area contributed by atoms with Gasteiger partial charge in [-0.3, -0.25) is 14.4 Å². The molecule has 0 saturated carbocycles. The van der Waals surface area contributed by atoms with Crippen LogP contribution in [0.5, 0.6) is 0 Å². The minimum Gasteiger partial charge on any atom is -0.394 e. The fourth-order valence-electron chi connectivity index (χ4n) is 5.55. The third-order valence-corrected chi connectivity index (χ3v) is 10.4. The molecule has 1 aromatic rings. The molecule has 0 aliphatic carbocycles. The maximum Gasteiger partial charge on any atom is 0.248 e. The lowest BCUT2D eigenvalue weighted by Gasteiger charge is -2.38. The first-order chi connectivity index (χ1) is 15.2. The van der Waals surface area contributed by atoms with Crippen LogP contribution in [-0.4, -0.2) is 68.3 Å². The fraction of sp³-hybridized carbons (Fsp3) is 0.591. The number of benzene rings is 1. The topological polar surface area (TPSA) is 98.7 Å². The second-order valence-electron chi connectivity index (χ2n) is 9.01. The van der Waals surface area contributed by atoms with E-state index in [-0.39, 0.29) is 40.3 Å². The molecule has 10 heteroatoms. The molecule has 0 aromatic heterocycles. The van der Waals surface area contributed by atoms with Crippen molar-refractivity contribution in [2.75, 3.05) is 19.0 Å². The van der Waals surface area contributed by atoms with Crippen LogP contribution in [0.2, 0.25) is 5.02 Å². The number of halogens is 2. The number of nitrogens with one attached hydrogen (secondary N) is 2. The summed E-state index contributed by atoms with van der Waals surface area (Å²) < 4.78 is -0.744. The van der Waals surface area contributed by atoms with Gasteiger partial charge in [-0.2, -0.15) is 0 Å². The molecule has 0 radical (unpaired) electrons. The van der Waals surface area contributed by atoms with Crippen molar-refractivity contribution in [2.24, 2.45) is 17.8 Å². The van der Waals surface area contributed by atoms with Gasteiger partial charge in [0.25, 0.3) is 0 Å². The van der Waals surface area contributed by atoms with Gasteiger partial charge in [-0.15, -0.1) is 11.8 Å². The summed E-state index contributed by atoms with van der Waals surface area (Å²) in [5, 5.41) is 16.3. The summed E-state index contributed by atoms with van der Waals surface area (Å²) >= 11 is 11.3. The Balaban J connectivity index is 1.78. The summed E-state index contributed by atoms with van der Waals surface area (Å²) in [5.41, 5.74) is 0.576. The SMILES string of the molecule is CNC(=O)[C@H]1[C@@H]2SC3(CC2Br)C(C(=O)Nc2ccc(Cl)cc2)N([C@@H](CO)C(C)C)C(=O)[C@H]13. The molecule has 3 fully saturated rings. The van der Waals surface area contributed by atoms with Crippen LogP contribution in [0, 0.1) is 17.8 Å². The molecule has 174 valence electrons. The summed E-state index contributed by atoms with van der Waals surface area (Å²) in [6.45, 7) is 3.58. The lowest BCUT2D eigenvalue weighted by molar-refractivity contribution is -0.142. The van der Waals surface area contributed by atoms with E-state index in [1.807, 2.05) is 13.8 Å². The fourth-order valence-corrected chi connectivity index (χ4v) is 9.28. The molecule has 3 heterocycles. The van der Waals surface area contributed by atoms with Crippen molar-refractivity contribution in [3.63, 3.8) is 0 Å². The zero-order valence-electron chi connectivity index (χ0n) is 18.0. The van der Waals surface area contributed by atoms with Gasteiger partial charge in [0.15, 0.2) is 0 Å². The van der Waals surface area contributed by atoms with Crippen LogP contribution in [-0.2, 0) is 14.4 Å². The number of hydrogen-bond acceptors (Lipinski definition) is 5. The smallest absolute Gasteiger partial charge is 0.248 e. The lowest BCUT2D eigenvalue weighted by atomic mass is 9.70. The molecule has 3 unspecified atom stereocenters. The first kappa shape index (κ1) is 23.9.